The number of furan rings is 1. The van der Waals surface area contributed by atoms with E-state index in [1.54, 1.807) is 24.4 Å². The van der Waals surface area contributed by atoms with Crippen LogP contribution >= 0.6 is 11.3 Å². The molecule has 0 spiro atoms. The Morgan fingerprint density at radius 2 is 1.93 bits per heavy atom. The number of thiophene rings is 1. The number of nitrogens with one attached hydrogen (secondary N) is 3. The standard InChI is InChI=1S/C19H25N3O5S/c1-4-20-15(23)10-22(5-2)11-16(24)21-18-17(19(25)26-6-3)13(12-28-18)14-8-7-9-27-14/h7-9,12H,4-6,10-11H2,1-3H3,(H,20,23)(H,21,24)/p+1. The summed E-state index contributed by atoms with van der Waals surface area (Å²) in [5.74, 6) is -0.376. The number of ether oxygens (including phenoxy) is 1. The van der Waals surface area contributed by atoms with Crippen molar-refractivity contribution < 1.29 is 28.4 Å². The lowest BCUT2D eigenvalue weighted by molar-refractivity contribution is -0.881. The van der Waals surface area contributed by atoms with Crippen molar-refractivity contribution in [2.24, 2.45) is 0 Å². The van der Waals surface area contributed by atoms with Crippen molar-refractivity contribution in [3.8, 4) is 11.3 Å². The zero-order chi connectivity index (χ0) is 20.5. The highest BCUT2D eigenvalue weighted by Gasteiger charge is 2.25. The first-order chi connectivity index (χ1) is 13.5. The van der Waals surface area contributed by atoms with Gasteiger partial charge in [0.1, 0.15) is 16.3 Å². The Labute approximate surface area is 167 Å². The maximum absolute atomic E-state index is 12.5. The van der Waals surface area contributed by atoms with Crippen molar-refractivity contribution >= 4 is 34.1 Å². The number of hydrogen-bond donors (Lipinski definition) is 3. The molecule has 0 aliphatic rings. The van der Waals surface area contributed by atoms with Gasteiger partial charge in [-0.3, -0.25) is 9.59 Å². The van der Waals surface area contributed by atoms with E-state index in [0.29, 0.717) is 29.4 Å². The van der Waals surface area contributed by atoms with Gasteiger partial charge in [0.05, 0.1) is 19.4 Å². The van der Waals surface area contributed by atoms with E-state index < -0.39 is 5.97 Å². The minimum absolute atomic E-state index is 0.101. The molecule has 0 bridgehead atoms. The number of quaternary nitrogens is 1. The van der Waals surface area contributed by atoms with Crippen molar-refractivity contribution in [3.63, 3.8) is 0 Å². The molecule has 2 aromatic rings. The van der Waals surface area contributed by atoms with Crippen LogP contribution in [0.3, 0.4) is 0 Å². The van der Waals surface area contributed by atoms with Crippen molar-refractivity contribution in [1.82, 2.24) is 5.32 Å². The highest BCUT2D eigenvalue weighted by Crippen LogP contribution is 2.36. The maximum Gasteiger partial charge on any atom is 0.341 e. The molecule has 0 fully saturated rings. The topological polar surface area (TPSA) is 102 Å². The third kappa shape index (κ3) is 5.67. The highest BCUT2D eigenvalue weighted by molar-refractivity contribution is 7.15. The SMILES string of the molecule is CCNC(=O)C[NH+](CC)CC(=O)Nc1scc(-c2ccco2)c1C(=O)OCC. The number of carbonyl (C=O) groups is 3. The zero-order valence-corrected chi connectivity index (χ0v) is 17.1. The summed E-state index contributed by atoms with van der Waals surface area (Å²) in [6.07, 6.45) is 1.52. The Morgan fingerprint density at radius 1 is 1.18 bits per heavy atom. The molecule has 8 nitrogen and oxygen atoms in total. The number of likely N-dealkylation sites (N-methyl/N-ethyl adjacent to an activating group) is 2. The van der Waals surface area contributed by atoms with E-state index in [2.05, 4.69) is 10.6 Å². The smallest absolute Gasteiger partial charge is 0.341 e. The summed E-state index contributed by atoms with van der Waals surface area (Å²) in [7, 11) is 0. The van der Waals surface area contributed by atoms with Crippen LogP contribution in [0.25, 0.3) is 11.3 Å². The van der Waals surface area contributed by atoms with Crippen LogP contribution in [0.2, 0.25) is 0 Å². The summed E-state index contributed by atoms with van der Waals surface area (Å²) in [6, 6.07) is 3.47. The Kier molecular flexibility index (Phi) is 8.21. The summed E-state index contributed by atoms with van der Waals surface area (Å²) >= 11 is 1.23. The molecule has 2 heterocycles. The van der Waals surface area contributed by atoms with Gasteiger partial charge in [-0.25, -0.2) is 4.79 Å². The van der Waals surface area contributed by atoms with E-state index in [9.17, 15) is 14.4 Å². The van der Waals surface area contributed by atoms with Gasteiger partial charge in [0.15, 0.2) is 13.1 Å². The van der Waals surface area contributed by atoms with Gasteiger partial charge in [0.2, 0.25) is 0 Å². The van der Waals surface area contributed by atoms with E-state index in [-0.39, 0.29) is 37.1 Å². The molecule has 1 unspecified atom stereocenters. The summed E-state index contributed by atoms with van der Waals surface area (Å²) in [6.45, 7) is 7.20. The van der Waals surface area contributed by atoms with E-state index in [1.165, 1.54) is 17.6 Å². The van der Waals surface area contributed by atoms with Crippen LogP contribution in [0.15, 0.2) is 28.2 Å². The molecule has 0 saturated heterocycles. The fraction of sp³-hybridized carbons (Fsp3) is 0.421. The van der Waals surface area contributed by atoms with Gasteiger partial charge in [-0.2, -0.15) is 0 Å². The predicted molar refractivity (Wildman–Crippen MR) is 107 cm³/mol. The van der Waals surface area contributed by atoms with Crippen molar-refractivity contribution in [3.05, 3.63) is 29.3 Å². The van der Waals surface area contributed by atoms with Gasteiger partial charge in [0.25, 0.3) is 11.8 Å². The Hall–Kier alpha value is -2.65. The Morgan fingerprint density at radius 3 is 2.54 bits per heavy atom. The Bertz CT molecular complexity index is 801. The van der Waals surface area contributed by atoms with Gasteiger partial charge in [-0.1, -0.05) is 0 Å². The fourth-order valence-corrected chi connectivity index (χ4v) is 3.62. The van der Waals surface area contributed by atoms with Crippen molar-refractivity contribution in [2.75, 3.05) is 38.1 Å². The lowest BCUT2D eigenvalue weighted by atomic mass is 10.1. The number of carbonyl (C=O) groups excluding carboxylic acids is 3. The normalized spacial score (nSPS) is 11.7. The van der Waals surface area contributed by atoms with Crippen molar-refractivity contribution in [1.29, 1.82) is 0 Å². The van der Waals surface area contributed by atoms with E-state index in [0.717, 1.165) is 4.90 Å². The highest BCUT2D eigenvalue weighted by atomic mass is 32.1. The number of rotatable bonds is 10. The lowest BCUT2D eigenvalue weighted by Crippen LogP contribution is -3.14. The predicted octanol–water partition coefficient (Wildman–Crippen LogP) is 1.16. The molecule has 0 saturated carbocycles. The molecular formula is C19H26N3O5S+. The van der Waals surface area contributed by atoms with E-state index in [4.69, 9.17) is 9.15 Å². The zero-order valence-electron chi connectivity index (χ0n) is 16.3. The molecule has 152 valence electrons. The second-order valence-corrected chi connectivity index (χ2v) is 6.89. The fourth-order valence-electron chi connectivity index (χ4n) is 2.67. The molecule has 2 rings (SSSR count). The monoisotopic (exact) mass is 408 g/mol. The van der Waals surface area contributed by atoms with Crippen LogP contribution in [-0.4, -0.2) is 50.6 Å². The number of amides is 2. The van der Waals surface area contributed by atoms with Crippen LogP contribution < -0.4 is 15.5 Å². The minimum Gasteiger partial charge on any atom is -0.464 e. The van der Waals surface area contributed by atoms with Gasteiger partial charge in [0, 0.05) is 17.5 Å². The first-order valence-electron chi connectivity index (χ1n) is 9.22. The van der Waals surface area contributed by atoms with Gasteiger partial charge >= 0.3 is 5.97 Å². The summed E-state index contributed by atoms with van der Waals surface area (Å²) < 4.78 is 10.5. The molecule has 0 aliphatic carbocycles. The van der Waals surface area contributed by atoms with E-state index >= 15 is 0 Å². The van der Waals surface area contributed by atoms with Gasteiger partial charge in [-0.05, 0) is 32.9 Å². The van der Waals surface area contributed by atoms with E-state index in [1.807, 2.05) is 13.8 Å². The van der Waals surface area contributed by atoms with Gasteiger partial charge in [-0.15, -0.1) is 11.3 Å². The molecule has 2 aromatic heterocycles. The third-order valence-corrected chi connectivity index (χ3v) is 4.90. The number of esters is 1. The maximum atomic E-state index is 12.5. The lowest BCUT2D eigenvalue weighted by Gasteiger charge is -2.16. The average Bonchev–Trinajstić information content (AvgIpc) is 3.31. The number of hydrogen-bond acceptors (Lipinski definition) is 6. The second kappa shape index (κ2) is 10.6. The first-order valence-corrected chi connectivity index (χ1v) is 10.1. The van der Waals surface area contributed by atoms with Crippen molar-refractivity contribution in [2.45, 2.75) is 20.8 Å². The van der Waals surface area contributed by atoms with Crippen LogP contribution in [0.5, 0.6) is 0 Å². The molecule has 0 radical (unpaired) electrons. The minimum atomic E-state index is -0.521. The van der Waals surface area contributed by atoms with Gasteiger partial charge < -0.3 is 24.7 Å². The quantitative estimate of drug-likeness (QED) is 0.512. The molecule has 9 heteroatoms. The summed E-state index contributed by atoms with van der Waals surface area (Å²) in [5.41, 5.74) is 0.850. The molecule has 0 aromatic carbocycles. The molecular weight excluding hydrogens is 382 g/mol. The summed E-state index contributed by atoms with van der Waals surface area (Å²) in [5, 5.41) is 7.67. The molecule has 1 atom stereocenters. The van der Waals surface area contributed by atoms with Crippen LogP contribution in [-0.2, 0) is 14.3 Å². The first kappa shape index (κ1) is 21.6. The van der Waals surface area contributed by atoms with Crippen LogP contribution in [0.4, 0.5) is 5.00 Å². The number of anilines is 1. The molecule has 2 amide bonds. The van der Waals surface area contributed by atoms with Crippen LogP contribution in [0.1, 0.15) is 31.1 Å². The third-order valence-electron chi connectivity index (χ3n) is 4.01. The van der Waals surface area contributed by atoms with Crippen LogP contribution in [0, 0.1) is 0 Å². The summed E-state index contributed by atoms with van der Waals surface area (Å²) in [4.78, 5) is 37.6. The second-order valence-electron chi connectivity index (χ2n) is 6.01. The average molecular weight is 409 g/mol. The Balaban J connectivity index is 2.15. The molecule has 28 heavy (non-hydrogen) atoms. The molecule has 3 N–H and O–H groups in total. The molecule has 0 aliphatic heterocycles. The largest absolute Gasteiger partial charge is 0.464 e.